The van der Waals surface area contributed by atoms with Gasteiger partial charge < -0.3 is 0 Å². The van der Waals surface area contributed by atoms with E-state index in [0.29, 0.717) is 16.7 Å². The highest BCUT2D eigenvalue weighted by molar-refractivity contribution is 7.88. The number of Topliss-reactive ketones (excluding diaryl/α,β-unsaturated/α-hetero) is 1. The Morgan fingerprint density at radius 1 is 0.931 bits per heavy atom. The fourth-order valence-electron chi connectivity index (χ4n) is 2.89. The van der Waals surface area contributed by atoms with E-state index in [-0.39, 0.29) is 5.56 Å². The second kappa shape index (κ2) is 8.63. The molecular formula is C22H19F2NO3S. The van der Waals surface area contributed by atoms with Gasteiger partial charge in [-0.2, -0.15) is 0 Å². The van der Waals surface area contributed by atoms with Crippen molar-refractivity contribution in [1.82, 2.24) is 4.72 Å². The molecule has 0 bridgehead atoms. The number of carbonyl (C=O) groups excluding carboxylic acids is 1. The zero-order valence-corrected chi connectivity index (χ0v) is 16.5. The topological polar surface area (TPSA) is 63.2 Å². The molecule has 0 spiro atoms. The molecule has 0 saturated heterocycles. The molecule has 0 atom stereocenters. The second-order valence-corrected chi connectivity index (χ2v) is 8.46. The van der Waals surface area contributed by atoms with Gasteiger partial charge in [-0.3, -0.25) is 4.79 Å². The number of nitrogens with one attached hydrogen (secondary N) is 1. The fourth-order valence-corrected chi connectivity index (χ4v) is 3.98. The number of hydrogen-bond donors (Lipinski definition) is 1. The monoisotopic (exact) mass is 415 g/mol. The lowest BCUT2D eigenvalue weighted by Gasteiger charge is -2.11. The van der Waals surface area contributed by atoms with Gasteiger partial charge in [-0.1, -0.05) is 42.5 Å². The van der Waals surface area contributed by atoms with E-state index >= 15 is 0 Å². The molecule has 3 aromatic rings. The predicted molar refractivity (Wildman–Crippen MR) is 108 cm³/mol. The first-order valence-electron chi connectivity index (χ1n) is 8.86. The lowest BCUT2D eigenvalue weighted by atomic mass is 9.98. The summed E-state index contributed by atoms with van der Waals surface area (Å²) in [6, 6.07) is 17.3. The third-order valence-corrected chi connectivity index (χ3v) is 5.68. The van der Waals surface area contributed by atoms with Gasteiger partial charge in [0.2, 0.25) is 10.0 Å². The van der Waals surface area contributed by atoms with Gasteiger partial charge in [0.1, 0.15) is 11.6 Å². The van der Waals surface area contributed by atoms with Crippen molar-refractivity contribution in [3.8, 4) is 11.1 Å². The van der Waals surface area contributed by atoms with Gasteiger partial charge in [-0.05, 0) is 53.4 Å². The largest absolute Gasteiger partial charge is 0.293 e. The van der Waals surface area contributed by atoms with Crippen LogP contribution < -0.4 is 4.72 Å². The minimum absolute atomic E-state index is 0.173. The van der Waals surface area contributed by atoms with Crippen LogP contribution in [0.25, 0.3) is 11.1 Å². The van der Waals surface area contributed by atoms with Crippen molar-refractivity contribution in [2.75, 3.05) is 6.54 Å². The molecule has 0 radical (unpaired) electrons. The smallest absolute Gasteiger partial charge is 0.216 e. The number of sulfonamides is 1. The first-order valence-corrected chi connectivity index (χ1v) is 10.5. The Kier molecular flexibility index (Phi) is 6.20. The van der Waals surface area contributed by atoms with Crippen molar-refractivity contribution < 1.29 is 22.0 Å². The molecule has 3 aromatic carbocycles. The molecule has 0 aromatic heterocycles. The Morgan fingerprint density at radius 2 is 1.59 bits per heavy atom. The van der Waals surface area contributed by atoms with Gasteiger partial charge in [-0.15, -0.1) is 0 Å². The zero-order chi connectivity index (χ0) is 21.0. The molecule has 0 aliphatic rings. The van der Waals surface area contributed by atoms with E-state index in [0.717, 1.165) is 17.7 Å². The third kappa shape index (κ3) is 5.34. The van der Waals surface area contributed by atoms with Gasteiger partial charge >= 0.3 is 0 Å². The van der Waals surface area contributed by atoms with Gasteiger partial charge in [0.25, 0.3) is 0 Å². The summed E-state index contributed by atoms with van der Waals surface area (Å²) < 4.78 is 54.1. The molecular weight excluding hydrogens is 396 g/mol. The maximum Gasteiger partial charge on any atom is 0.216 e. The van der Waals surface area contributed by atoms with Crippen molar-refractivity contribution in [3.63, 3.8) is 0 Å². The molecule has 0 unspecified atom stereocenters. The van der Waals surface area contributed by atoms with E-state index < -0.39 is 39.7 Å². The van der Waals surface area contributed by atoms with Crippen molar-refractivity contribution in [3.05, 3.63) is 95.1 Å². The number of carbonyl (C=O) groups is 1. The zero-order valence-electron chi connectivity index (χ0n) is 15.7. The summed E-state index contributed by atoms with van der Waals surface area (Å²) in [6.45, 7) is 0.982. The van der Waals surface area contributed by atoms with Crippen LogP contribution in [0.1, 0.15) is 21.5 Å². The molecule has 0 aliphatic carbocycles. The predicted octanol–water partition coefficient (Wildman–Crippen LogP) is 4.24. The standard InChI is InChI=1S/C22H19F2NO3S/c1-15-11-18(17-5-3-2-4-6-17)12-20(22(15)24)21(26)13-25-29(27,28)14-16-7-9-19(23)10-8-16/h2-12,25H,13-14H2,1H3. The number of rotatable bonds is 7. The lowest BCUT2D eigenvalue weighted by molar-refractivity contribution is 0.0993. The molecule has 0 heterocycles. The van der Waals surface area contributed by atoms with E-state index in [1.807, 2.05) is 30.3 Å². The highest BCUT2D eigenvalue weighted by Crippen LogP contribution is 2.25. The molecule has 0 aliphatic heterocycles. The van der Waals surface area contributed by atoms with Crippen molar-refractivity contribution in [1.29, 1.82) is 0 Å². The first-order chi connectivity index (χ1) is 13.7. The van der Waals surface area contributed by atoms with E-state index in [9.17, 15) is 22.0 Å². The van der Waals surface area contributed by atoms with Crippen LogP contribution in [0.4, 0.5) is 8.78 Å². The number of ketones is 1. The number of hydrogen-bond acceptors (Lipinski definition) is 3. The van der Waals surface area contributed by atoms with Crippen LogP contribution in [0.15, 0.2) is 66.7 Å². The van der Waals surface area contributed by atoms with E-state index in [1.54, 1.807) is 13.0 Å². The quantitative estimate of drug-likeness (QED) is 0.587. The van der Waals surface area contributed by atoms with E-state index in [2.05, 4.69) is 4.72 Å². The van der Waals surface area contributed by atoms with Crippen LogP contribution in [0.2, 0.25) is 0 Å². The fraction of sp³-hybridized carbons (Fsp3) is 0.136. The van der Waals surface area contributed by atoms with Crippen LogP contribution in [-0.4, -0.2) is 20.7 Å². The van der Waals surface area contributed by atoms with Crippen LogP contribution in [0, 0.1) is 18.6 Å². The van der Waals surface area contributed by atoms with Gasteiger partial charge in [0.05, 0.1) is 17.9 Å². The molecule has 150 valence electrons. The summed E-state index contributed by atoms with van der Waals surface area (Å²) >= 11 is 0. The maximum atomic E-state index is 14.5. The lowest BCUT2D eigenvalue weighted by Crippen LogP contribution is -2.31. The van der Waals surface area contributed by atoms with E-state index in [4.69, 9.17) is 0 Å². The molecule has 0 fully saturated rings. The Hall–Kier alpha value is -2.90. The number of aryl methyl sites for hydroxylation is 1. The Balaban J connectivity index is 1.76. The average Bonchev–Trinajstić information content (AvgIpc) is 2.70. The van der Waals surface area contributed by atoms with Crippen LogP contribution in [0.3, 0.4) is 0 Å². The van der Waals surface area contributed by atoms with Crippen LogP contribution in [-0.2, 0) is 15.8 Å². The molecule has 29 heavy (non-hydrogen) atoms. The van der Waals surface area contributed by atoms with Gasteiger partial charge in [0, 0.05) is 0 Å². The minimum atomic E-state index is -3.85. The molecule has 0 amide bonds. The van der Waals surface area contributed by atoms with Crippen LogP contribution in [0.5, 0.6) is 0 Å². The summed E-state index contributed by atoms with van der Waals surface area (Å²) in [7, 11) is -3.85. The van der Waals surface area contributed by atoms with Gasteiger partial charge in [-0.25, -0.2) is 21.9 Å². The highest BCUT2D eigenvalue weighted by Gasteiger charge is 2.19. The SMILES string of the molecule is Cc1cc(-c2ccccc2)cc(C(=O)CNS(=O)(=O)Cc2ccc(F)cc2)c1F. The molecule has 7 heteroatoms. The first kappa shape index (κ1) is 20.8. The summed E-state index contributed by atoms with van der Waals surface area (Å²) in [5, 5.41) is 0. The normalized spacial score (nSPS) is 11.4. The number of halogens is 2. The number of benzene rings is 3. The minimum Gasteiger partial charge on any atom is -0.293 e. The average molecular weight is 415 g/mol. The Bertz CT molecular complexity index is 1130. The molecule has 3 rings (SSSR count). The summed E-state index contributed by atoms with van der Waals surface area (Å²) in [4.78, 5) is 12.5. The van der Waals surface area contributed by atoms with Crippen molar-refractivity contribution >= 4 is 15.8 Å². The Morgan fingerprint density at radius 3 is 2.24 bits per heavy atom. The second-order valence-electron chi connectivity index (χ2n) is 6.65. The maximum absolute atomic E-state index is 14.5. The highest BCUT2D eigenvalue weighted by atomic mass is 32.2. The summed E-state index contributed by atoms with van der Waals surface area (Å²) in [5.74, 6) is -2.23. The van der Waals surface area contributed by atoms with E-state index in [1.165, 1.54) is 18.2 Å². The molecule has 4 nitrogen and oxygen atoms in total. The third-order valence-electron chi connectivity index (χ3n) is 4.38. The van der Waals surface area contributed by atoms with Crippen molar-refractivity contribution in [2.45, 2.75) is 12.7 Å². The molecule has 1 N–H and O–H groups in total. The Labute approximate surface area is 168 Å². The summed E-state index contributed by atoms with van der Waals surface area (Å²) in [6.07, 6.45) is 0. The van der Waals surface area contributed by atoms with Crippen LogP contribution >= 0.6 is 0 Å². The van der Waals surface area contributed by atoms with Gasteiger partial charge in [0.15, 0.2) is 5.78 Å². The summed E-state index contributed by atoms with van der Waals surface area (Å²) in [5.41, 5.74) is 1.99. The molecule has 0 saturated carbocycles. The van der Waals surface area contributed by atoms with Crippen molar-refractivity contribution in [2.24, 2.45) is 0 Å².